The third kappa shape index (κ3) is 4.37. The summed E-state index contributed by atoms with van der Waals surface area (Å²) in [5, 5.41) is 2.86. The Morgan fingerprint density at radius 1 is 1.12 bits per heavy atom. The van der Waals surface area contributed by atoms with E-state index in [0.29, 0.717) is 10.8 Å². The van der Waals surface area contributed by atoms with Crippen LogP contribution in [-0.4, -0.2) is 14.1 Å². The summed E-state index contributed by atoms with van der Waals surface area (Å²) in [7, 11) is 0. The van der Waals surface area contributed by atoms with Crippen LogP contribution in [0.4, 0.5) is 13.2 Å². The summed E-state index contributed by atoms with van der Waals surface area (Å²) in [6, 6.07) is 6.00. The van der Waals surface area contributed by atoms with Gasteiger partial charge in [-0.15, -0.1) is 0 Å². The van der Waals surface area contributed by atoms with Crippen molar-refractivity contribution in [3.63, 3.8) is 0 Å². The van der Waals surface area contributed by atoms with Crippen molar-refractivity contribution in [3.05, 3.63) is 35.4 Å². The molecule has 94 valence electrons. The van der Waals surface area contributed by atoms with Crippen LogP contribution in [0.1, 0.15) is 31.4 Å². The SMILES string of the molecule is CC[CH2][Al]([CH2]C)[CH2]c1ccccc1C(F)(F)F. The van der Waals surface area contributed by atoms with Gasteiger partial charge in [0.15, 0.2) is 0 Å². The molecule has 1 aromatic carbocycles. The molecule has 0 nitrogen and oxygen atoms in total. The lowest BCUT2D eigenvalue weighted by atomic mass is 10.1. The summed E-state index contributed by atoms with van der Waals surface area (Å²) in [4.78, 5) is 0. The van der Waals surface area contributed by atoms with Crippen LogP contribution in [0.3, 0.4) is 0 Å². The van der Waals surface area contributed by atoms with Gasteiger partial charge in [-0.05, 0) is 11.6 Å². The minimum atomic E-state index is -4.21. The molecule has 4 heteroatoms. The quantitative estimate of drug-likeness (QED) is 0.671. The van der Waals surface area contributed by atoms with Gasteiger partial charge in [-0.2, -0.15) is 13.2 Å². The largest absolute Gasteiger partial charge is 0.416 e. The van der Waals surface area contributed by atoms with Gasteiger partial charge in [0, 0.05) is 0 Å². The zero-order chi connectivity index (χ0) is 12.9. The third-order valence-electron chi connectivity index (χ3n) is 3.11. The highest BCUT2D eigenvalue weighted by molar-refractivity contribution is 6.58. The van der Waals surface area contributed by atoms with Gasteiger partial charge in [-0.1, -0.05) is 54.3 Å². The monoisotopic (exact) mass is 258 g/mol. The Balaban J connectivity index is 2.90. The molecule has 0 aliphatic heterocycles. The number of hydrogen-bond donors (Lipinski definition) is 0. The second-order valence-electron chi connectivity index (χ2n) is 4.42. The summed E-state index contributed by atoms with van der Waals surface area (Å²) in [6.45, 7) is 4.20. The fourth-order valence-electron chi connectivity index (χ4n) is 2.14. The molecule has 0 spiro atoms. The van der Waals surface area contributed by atoms with Gasteiger partial charge in [0.2, 0.25) is 0 Å². The minimum Gasteiger partial charge on any atom is -0.166 e. The topological polar surface area (TPSA) is 0 Å². The first-order chi connectivity index (χ1) is 7.99. The highest BCUT2D eigenvalue weighted by Crippen LogP contribution is 2.32. The summed E-state index contributed by atoms with van der Waals surface area (Å²) in [5.74, 6) is 0. The second-order valence-corrected chi connectivity index (χ2v) is 7.96. The predicted molar refractivity (Wildman–Crippen MR) is 66.5 cm³/mol. The summed E-state index contributed by atoms with van der Waals surface area (Å²) >= 11 is -1.04. The van der Waals surface area contributed by atoms with Gasteiger partial charge in [-0.3, -0.25) is 0 Å². The van der Waals surface area contributed by atoms with Crippen molar-refractivity contribution < 1.29 is 13.2 Å². The maximum absolute atomic E-state index is 12.8. The molecule has 0 amide bonds. The number of hydrogen-bond acceptors (Lipinski definition) is 0. The summed E-state index contributed by atoms with van der Waals surface area (Å²) < 4.78 is 38.4. The number of benzene rings is 1. The van der Waals surface area contributed by atoms with E-state index in [0.717, 1.165) is 17.0 Å². The maximum Gasteiger partial charge on any atom is 0.416 e. The van der Waals surface area contributed by atoms with Crippen LogP contribution >= 0.6 is 0 Å². The van der Waals surface area contributed by atoms with Crippen molar-refractivity contribution in [2.45, 2.75) is 42.3 Å². The smallest absolute Gasteiger partial charge is 0.166 e. The van der Waals surface area contributed by atoms with Crippen LogP contribution in [0, 0.1) is 0 Å². The highest BCUT2D eigenvalue weighted by Gasteiger charge is 2.33. The zero-order valence-corrected chi connectivity index (χ0v) is 11.5. The van der Waals surface area contributed by atoms with Gasteiger partial charge in [0.1, 0.15) is 0 Å². The molecular weight excluding hydrogens is 240 g/mol. The first kappa shape index (κ1) is 14.6. The Kier molecular flexibility index (Phi) is 5.56. The molecule has 0 saturated carbocycles. The number of rotatable bonds is 5. The minimum absolute atomic E-state index is 0.443. The van der Waals surface area contributed by atoms with Crippen molar-refractivity contribution in [3.8, 4) is 0 Å². The molecule has 0 N–H and O–H groups in total. The van der Waals surface area contributed by atoms with E-state index in [4.69, 9.17) is 0 Å². The van der Waals surface area contributed by atoms with Crippen molar-refractivity contribution >= 4 is 14.1 Å². The molecule has 0 atom stereocenters. The number of halogens is 3. The van der Waals surface area contributed by atoms with Gasteiger partial charge in [0.05, 0.1) is 5.56 Å². The van der Waals surface area contributed by atoms with E-state index < -0.39 is 25.9 Å². The Hall–Kier alpha value is -0.458. The molecule has 1 rings (SSSR count). The predicted octanol–water partition coefficient (Wildman–Crippen LogP) is 4.71. The van der Waals surface area contributed by atoms with Crippen LogP contribution in [0.5, 0.6) is 0 Å². The average molecular weight is 258 g/mol. The third-order valence-corrected chi connectivity index (χ3v) is 6.67. The van der Waals surface area contributed by atoms with Crippen molar-refractivity contribution in [1.82, 2.24) is 0 Å². The Labute approximate surface area is 105 Å². The van der Waals surface area contributed by atoms with Crippen LogP contribution in [0.15, 0.2) is 24.3 Å². The highest BCUT2D eigenvalue weighted by atomic mass is 27.2. The summed E-state index contributed by atoms with van der Waals surface area (Å²) in [6.07, 6.45) is -3.13. The second kappa shape index (κ2) is 6.47. The number of alkyl halides is 3. The Morgan fingerprint density at radius 2 is 1.76 bits per heavy atom. The molecule has 0 bridgehead atoms. The molecule has 0 saturated heterocycles. The van der Waals surface area contributed by atoms with Crippen molar-refractivity contribution in [2.75, 3.05) is 0 Å². The van der Waals surface area contributed by atoms with E-state index in [9.17, 15) is 13.2 Å². The standard InChI is InChI=1S/C8H6F3.C3H7.C2H5.Al/c1-6-4-2-3-5-7(6)8(9,10)11;1-3-2;1-2;/h2-5H,1H2;1,3H2,2H3;1H2,2H3;. The van der Waals surface area contributed by atoms with Gasteiger partial charge >= 0.3 is 6.18 Å². The molecule has 0 unspecified atom stereocenters. The van der Waals surface area contributed by atoms with E-state index in [1.54, 1.807) is 12.1 Å². The van der Waals surface area contributed by atoms with E-state index in [-0.39, 0.29) is 0 Å². The first-order valence-corrected chi connectivity index (χ1v) is 8.59. The Bertz CT molecular complexity index is 347. The lowest BCUT2D eigenvalue weighted by Gasteiger charge is -2.15. The van der Waals surface area contributed by atoms with Gasteiger partial charge in [0.25, 0.3) is 14.1 Å². The molecular formula is C13H18AlF3. The van der Waals surface area contributed by atoms with Crippen LogP contribution in [-0.2, 0) is 11.5 Å². The molecule has 17 heavy (non-hydrogen) atoms. The molecule has 0 fully saturated rings. The molecule has 0 heterocycles. The molecule has 0 aliphatic rings. The molecule has 0 radical (unpaired) electrons. The van der Waals surface area contributed by atoms with E-state index in [1.807, 2.05) is 0 Å². The van der Waals surface area contributed by atoms with Crippen molar-refractivity contribution in [2.24, 2.45) is 0 Å². The fourth-order valence-corrected chi connectivity index (χ4v) is 4.84. The van der Waals surface area contributed by atoms with E-state index in [2.05, 4.69) is 13.8 Å². The lowest BCUT2D eigenvalue weighted by molar-refractivity contribution is -0.138. The van der Waals surface area contributed by atoms with E-state index in [1.165, 1.54) is 12.1 Å². The van der Waals surface area contributed by atoms with Gasteiger partial charge in [-0.25, -0.2) is 0 Å². The molecule has 0 aromatic heterocycles. The van der Waals surface area contributed by atoms with E-state index >= 15 is 0 Å². The zero-order valence-electron chi connectivity index (χ0n) is 10.3. The fraction of sp³-hybridized carbons (Fsp3) is 0.538. The van der Waals surface area contributed by atoms with Crippen LogP contribution < -0.4 is 0 Å². The Morgan fingerprint density at radius 3 is 2.29 bits per heavy atom. The molecule has 0 aliphatic carbocycles. The average Bonchev–Trinajstić information content (AvgIpc) is 2.27. The maximum atomic E-state index is 12.8. The lowest BCUT2D eigenvalue weighted by Crippen LogP contribution is -2.18. The first-order valence-electron chi connectivity index (χ1n) is 6.14. The van der Waals surface area contributed by atoms with Gasteiger partial charge < -0.3 is 0 Å². The van der Waals surface area contributed by atoms with Crippen LogP contribution in [0.25, 0.3) is 0 Å². The summed E-state index contributed by atoms with van der Waals surface area (Å²) in [5.41, 5.74) is 0.0500. The molecule has 1 aromatic rings. The normalized spacial score (nSPS) is 11.6. The van der Waals surface area contributed by atoms with Crippen LogP contribution in [0.2, 0.25) is 10.6 Å². The van der Waals surface area contributed by atoms with Crippen molar-refractivity contribution in [1.29, 1.82) is 0 Å².